The minimum atomic E-state index is -0.825. The molecule has 1 aromatic carbocycles. The standard InChI is InChI=1S/C9H11ClFNO/c1-5(13)9(12)8-6(10)3-2-4-7(8)11/h2-5,9,13H,12H2,1H3/t5-,9+/m1/s1. The van der Waals surface area contributed by atoms with Crippen LogP contribution in [0.3, 0.4) is 0 Å². The molecule has 0 aliphatic rings. The number of hydrogen-bond acceptors (Lipinski definition) is 2. The molecule has 0 unspecified atom stereocenters. The summed E-state index contributed by atoms with van der Waals surface area (Å²) < 4.78 is 13.2. The van der Waals surface area contributed by atoms with E-state index in [-0.39, 0.29) is 10.6 Å². The van der Waals surface area contributed by atoms with Gasteiger partial charge in [0.2, 0.25) is 0 Å². The smallest absolute Gasteiger partial charge is 0.129 e. The normalized spacial score (nSPS) is 15.5. The molecule has 0 radical (unpaired) electrons. The first-order chi connectivity index (χ1) is 6.04. The first kappa shape index (κ1) is 10.4. The van der Waals surface area contributed by atoms with E-state index < -0.39 is 18.0 Å². The predicted molar refractivity (Wildman–Crippen MR) is 50.0 cm³/mol. The molecule has 72 valence electrons. The van der Waals surface area contributed by atoms with Gasteiger partial charge in [0.1, 0.15) is 5.82 Å². The Balaban J connectivity index is 3.12. The summed E-state index contributed by atoms with van der Waals surface area (Å²) in [6.45, 7) is 1.49. The number of aliphatic hydroxyl groups is 1. The van der Waals surface area contributed by atoms with Crippen LogP contribution < -0.4 is 5.73 Å². The van der Waals surface area contributed by atoms with Gasteiger partial charge in [-0.05, 0) is 19.1 Å². The molecule has 0 aromatic heterocycles. The van der Waals surface area contributed by atoms with Crippen molar-refractivity contribution in [2.45, 2.75) is 19.1 Å². The monoisotopic (exact) mass is 203 g/mol. The molecule has 0 spiro atoms. The molecule has 2 nitrogen and oxygen atoms in total. The van der Waals surface area contributed by atoms with Crippen LogP contribution in [0.2, 0.25) is 5.02 Å². The van der Waals surface area contributed by atoms with E-state index in [1.165, 1.54) is 19.1 Å². The van der Waals surface area contributed by atoms with Gasteiger partial charge in [-0.3, -0.25) is 0 Å². The van der Waals surface area contributed by atoms with Crippen LogP contribution in [-0.4, -0.2) is 11.2 Å². The Morgan fingerprint density at radius 2 is 2.15 bits per heavy atom. The molecular formula is C9H11ClFNO. The summed E-state index contributed by atoms with van der Waals surface area (Å²) in [6.07, 6.45) is -0.825. The van der Waals surface area contributed by atoms with Gasteiger partial charge in [0.25, 0.3) is 0 Å². The molecule has 0 fully saturated rings. The molecule has 0 bridgehead atoms. The fraction of sp³-hybridized carbons (Fsp3) is 0.333. The second-order valence-corrected chi connectivity index (χ2v) is 3.31. The van der Waals surface area contributed by atoms with E-state index in [9.17, 15) is 9.50 Å². The lowest BCUT2D eigenvalue weighted by Gasteiger charge is -2.16. The third kappa shape index (κ3) is 2.18. The SMILES string of the molecule is C[C@@H](O)[C@H](N)c1c(F)cccc1Cl. The van der Waals surface area contributed by atoms with Crippen LogP contribution in [0, 0.1) is 5.82 Å². The van der Waals surface area contributed by atoms with E-state index in [1.54, 1.807) is 6.07 Å². The van der Waals surface area contributed by atoms with Crippen molar-refractivity contribution in [2.24, 2.45) is 5.73 Å². The summed E-state index contributed by atoms with van der Waals surface area (Å²) in [5.74, 6) is -0.485. The summed E-state index contributed by atoms with van der Waals surface area (Å²) in [4.78, 5) is 0. The average Bonchev–Trinajstić information content (AvgIpc) is 2.03. The minimum absolute atomic E-state index is 0.166. The lowest BCUT2D eigenvalue weighted by atomic mass is 10.0. The molecule has 0 aliphatic heterocycles. The van der Waals surface area contributed by atoms with Crippen molar-refractivity contribution in [1.29, 1.82) is 0 Å². The first-order valence-electron chi connectivity index (χ1n) is 3.91. The highest BCUT2D eigenvalue weighted by atomic mass is 35.5. The number of aliphatic hydroxyl groups excluding tert-OH is 1. The maximum atomic E-state index is 13.2. The molecule has 1 aromatic rings. The molecule has 2 atom stereocenters. The van der Waals surface area contributed by atoms with E-state index in [2.05, 4.69) is 0 Å². The quantitative estimate of drug-likeness (QED) is 0.771. The van der Waals surface area contributed by atoms with Crippen LogP contribution in [0.25, 0.3) is 0 Å². The Morgan fingerprint density at radius 3 is 2.62 bits per heavy atom. The molecule has 0 heterocycles. The maximum absolute atomic E-state index is 13.2. The molecule has 0 saturated heterocycles. The van der Waals surface area contributed by atoms with E-state index in [0.717, 1.165) is 0 Å². The lowest BCUT2D eigenvalue weighted by molar-refractivity contribution is 0.162. The highest BCUT2D eigenvalue weighted by Gasteiger charge is 2.18. The van der Waals surface area contributed by atoms with Crippen molar-refractivity contribution in [1.82, 2.24) is 0 Å². The fourth-order valence-electron chi connectivity index (χ4n) is 1.07. The average molecular weight is 204 g/mol. The van der Waals surface area contributed by atoms with Crippen LogP contribution in [0.15, 0.2) is 18.2 Å². The number of hydrogen-bond donors (Lipinski definition) is 2. The lowest BCUT2D eigenvalue weighted by Crippen LogP contribution is -2.24. The highest BCUT2D eigenvalue weighted by molar-refractivity contribution is 6.31. The summed E-state index contributed by atoms with van der Waals surface area (Å²) >= 11 is 5.74. The fourth-order valence-corrected chi connectivity index (χ4v) is 1.36. The van der Waals surface area contributed by atoms with Gasteiger partial charge in [0.05, 0.1) is 12.1 Å². The molecule has 1 rings (SSSR count). The third-order valence-corrected chi connectivity index (χ3v) is 2.18. The third-order valence-electron chi connectivity index (χ3n) is 1.85. The number of nitrogens with two attached hydrogens (primary N) is 1. The molecule has 0 amide bonds. The van der Waals surface area contributed by atoms with Gasteiger partial charge in [-0.1, -0.05) is 17.7 Å². The van der Waals surface area contributed by atoms with Crippen LogP contribution >= 0.6 is 11.6 Å². The largest absolute Gasteiger partial charge is 0.391 e. The van der Waals surface area contributed by atoms with Crippen LogP contribution in [0.4, 0.5) is 4.39 Å². The topological polar surface area (TPSA) is 46.2 Å². The molecular weight excluding hydrogens is 193 g/mol. The van der Waals surface area contributed by atoms with E-state index in [0.29, 0.717) is 0 Å². The Labute approximate surface area is 81.1 Å². The predicted octanol–water partition coefficient (Wildman–Crippen LogP) is 1.86. The van der Waals surface area contributed by atoms with Gasteiger partial charge < -0.3 is 10.8 Å². The van der Waals surface area contributed by atoms with Crippen molar-refractivity contribution < 1.29 is 9.50 Å². The van der Waals surface area contributed by atoms with E-state index >= 15 is 0 Å². The van der Waals surface area contributed by atoms with Gasteiger partial charge in [0.15, 0.2) is 0 Å². The molecule has 0 aliphatic carbocycles. The molecule has 3 N–H and O–H groups in total. The number of benzene rings is 1. The second-order valence-electron chi connectivity index (χ2n) is 2.90. The Bertz CT molecular complexity index is 283. The summed E-state index contributed by atoms with van der Waals surface area (Å²) in [5, 5.41) is 9.42. The van der Waals surface area contributed by atoms with Crippen molar-refractivity contribution in [3.8, 4) is 0 Å². The molecule has 4 heteroatoms. The molecule has 0 saturated carbocycles. The summed E-state index contributed by atoms with van der Waals surface area (Å²) in [7, 11) is 0. The molecule has 13 heavy (non-hydrogen) atoms. The zero-order chi connectivity index (χ0) is 10.0. The van der Waals surface area contributed by atoms with Crippen LogP contribution in [0.5, 0.6) is 0 Å². The second kappa shape index (κ2) is 4.05. The maximum Gasteiger partial charge on any atom is 0.129 e. The van der Waals surface area contributed by atoms with Crippen molar-refractivity contribution in [3.63, 3.8) is 0 Å². The minimum Gasteiger partial charge on any atom is -0.391 e. The van der Waals surface area contributed by atoms with Gasteiger partial charge in [-0.2, -0.15) is 0 Å². The number of halogens is 2. The summed E-state index contributed by atoms with van der Waals surface area (Å²) in [5.41, 5.74) is 5.73. The van der Waals surface area contributed by atoms with Crippen LogP contribution in [0.1, 0.15) is 18.5 Å². The Morgan fingerprint density at radius 1 is 1.54 bits per heavy atom. The zero-order valence-corrected chi connectivity index (χ0v) is 7.92. The van der Waals surface area contributed by atoms with Crippen molar-refractivity contribution >= 4 is 11.6 Å². The zero-order valence-electron chi connectivity index (χ0n) is 7.17. The number of rotatable bonds is 2. The van der Waals surface area contributed by atoms with Gasteiger partial charge >= 0.3 is 0 Å². The Kier molecular flexibility index (Phi) is 3.25. The van der Waals surface area contributed by atoms with Crippen molar-refractivity contribution in [2.75, 3.05) is 0 Å². The van der Waals surface area contributed by atoms with Gasteiger partial charge in [-0.25, -0.2) is 4.39 Å². The summed E-state index contributed by atoms with van der Waals surface area (Å²) in [6, 6.07) is 3.52. The van der Waals surface area contributed by atoms with Gasteiger partial charge in [-0.15, -0.1) is 0 Å². The van der Waals surface area contributed by atoms with Crippen LogP contribution in [-0.2, 0) is 0 Å². The highest BCUT2D eigenvalue weighted by Crippen LogP contribution is 2.26. The first-order valence-corrected chi connectivity index (χ1v) is 4.29. The van der Waals surface area contributed by atoms with Gasteiger partial charge in [0, 0.05) is 10.6 Å². The van der Waals surface area contributed by atoms with E-state index in [1.807, 2.05) is 0 Å². The van der Waals surface area contributed by atoms with E-state index in [4.69, 9.17) is 17.3 Å². The van der Waals surface area contributed by atoms with Crippen molar-refractivity contribution in [3.05, 3.63) is 34.6 Å². The Hall–Kier alpha value is -0.640.